The van der Waals surface area contributed by atoms with E-state index in [1.165, 1.54) is 6.20 Å². The van der Waals surface area contributed by atoms with E-state index in [1.54, 1.807) is 6.08 Å². The van der Waals surface area contributed by atoms with Crippen molar-refractivity contribution in [3.05, 3.63) is 53.9 Å². The monoisotopic (exact) mass is 230 g/mol. The Labute approximate surface area is 97.4 Å². The molecule has 0 aliphatic carbocycles. The van der Waals surface area contributed by atoms with Gasteiger partial charge in [0.15, 0.2) is 0 Å². The summed E-state index contributed by atoms with van der Waals surface area (Å²) in [4.78, 5) is 11.0. The number of aliphatic carboxylic acids is 1. The third-order valence-electron chi connectivity index (χ3n) is 2.25. The van der Waals surface area contributed by atoms with Gasteiger partial charge in [-0.3, -0.25) is 0 Å². The summed E-state index contributed by atoms with van der Waals surface area (Å²) in [6.07, 6.45) is 3.40. The summed E-state index contributed by atoms with van der Waals surface area (Å²) in [6, 6.07) is 9.57. The van der Waals surface area contributed by atoms with Gasteiger partial charge in [0.05, 0.1) is 11.8 Å². The van der Waals surface area contributed by atoms with E-state index in [0.29, 0.717) is 6.42 Å². The second-order valence-electron chi connectivity index (χ2n) is 3.41. The van der Waals surface area contributed by atoms with Crippen molar-refractivity contribution >= 4 is 11.5 Å². The van der Waals surface area contributed by atoms with E-state index in [1.807, 2.05) is 30.3 Å². The lowest BCUT2D eigenvalue weighted by Gasteiger charge is -1.98. The molecule has 2 aromatic rings. The average Bonchev–Trinajstić information content (AvgIpc) is 2.84. The number of hydrogen-bond acceptors (Lipinski definition) is 4. The normalized spacial score (nSPS) is 11.4. The summed E-state index contributed by atoms with van der Waals surface area (Å²) in [5.41, 5.74) is 1.35. The first kappa shape index (κ1) is 11.1. The van der Waals surface area contributed by atoms with Crippen LogP contribution in [0.25, 0.3) is 5.57 Å². The van der Waals surface area contributed by atoms with Crippen LogP contribution in [0.3, 0.4) is 0 Å². The van der Waals surface area contributed by atoms with Crippen LogP contribution in [0.2, 0.25) is 0 Å². The second-order valence-corrected chi connectivity index (χ2v) is 3.41. The maximum absolute atomic E-state index is 11.0. The average molecular weight is 230 g/mol. The van der Waals surface area contributed by atoms with Crippen LogP contribution < -0.4 is 0 Å². The van der Waals surface area contributed by atoms with Gasteiger partial charge in [-0.2, -0.15) is 0 Å². The van der Waals surface area contributed by atoms with E-state index in [9.17, 15) is 4.79 Å². The van der Waals surface area contributed by atoms with Crippen LogP contribution >= 0.6 is 0 Å². The van der Waals surface area contributed by atoms with Gasteiger partial charge in [-0.25, -0.2) is 9.42 Å². The minimum atomic E-state index is -1.04. The first-order valence-electron chi connectivity index (χ1n) is 5.02. The Morgan fingerprint density at radius 2 is 2.12 bits per heavy atom. The number of benzene rings is 1. The van der Waals surface area contributed by atoms with E-state index < -0.39 is 5.97 Å². The third-order valence-corrected chi connectivity index (χ3v) is 2.25. The van der Waals surface area contributed by atoms with Crippen molar-refractivity contribution in [2.75, 3.05) is 0 Å². The fraction of sp³-hybridized carbons (Fsp3) is 0.0833. The molecule has 0 amide bonds. The summed E-state index contributed by atoms with van der Waals surface area (Å²) < 4.78 is 4.39. The van der Waals surface area contributed by atoms with Crippen LogP contribution in [0, 0.1) is 0 Å². The number of allylic oxidation sites excluding steroid dienone is 1. The Morgan fingerprint density at radius 1 is 1.35 bits per heavy atom. The van der Waals surface area contributed by atoms with Crippen molar-refractivity contribution < 1.29 is 14.5 Å². The van der Waals surface area contributed by atoms with Crippen molar-refractivity contribution in [3.63, 3.8) is 0 Å². The number of nitrogens with zero attached hydrogens (tertiary/aromatic N) is 2. The molecule has 5 heteroatoms. The molecule has 1 aromatic heterocycles. The van der Waals surface area contributed by atoms with Gasteiger partial charge >= 0.3 is 5.97 Å². The maximum atomic E-state index is 11.0. The molecule has 0 radical (unpaired) electrons. The van der Waals surface area contributed by atoms with Gasteiger partial charge in [0.1, 0.15) is 5.69 Å². The highest BCUT2D eigenvalue weighted by atomic mass is 16.6. The lowest BCUT2D eigenvalue weighted by Crippen LogP contribution is -2.00. The van der Waals surface area contributed by atoms with Crippen LogP contribution in [0.1, 0.15) is 11.3 Å². The lowest BCUT2D eigenvalue weighted by atomic mass is 10.1. The first-order valence-corrected chi connectivity index (χ1v) is 5.02. The number of carboxylic acid groups (broad SMARTS) is 1. The van der Waals surface area contributed by atoms with Crippen molar-refractivity contribution in [1.82, 2.24) is 10.3 Å². The van der Waals surface area contributed by atoms with Gasteiger partial charge in [0.25, 0.3) is 0 Å². The zero-order valence-corrected chi connectivity index (χ0v) is 8.91. The number of aromatic nitrogens is 2. The zero-order chi connectivity index (χ0) is 12.1. The molecule has 0 saturated carbocycles. The SMILES string of the molecule is O=C(O)/C(=C/Cc1ccccc1)c1cnon1. The summed E-state index contributed by atoms with van der Waals surface area (Å²) in [5, 5.41) is 16.0. The fourth-order valence-corrected chi connectivity index (χ4v) is 1.42. The molecule has 1 aromatic carbocycles. The molecule has 0 aliphatic heterocycles. The van der Waals surface area contributed by atoms with Gasteiger partial charge in [-0.15, -0.1) is 0 Å². The van der Waals surface area contributed by atoms with Gasteiger partial charge in [0, 0.05) is 0 Å². The molecule has 5 nitrogen and oxygen atoms in total. The molecule has 0 atom stereocenters. The van der Waals surface area contributed by atoms with Crippen LogP contribution in [0.5, 0.6) is 0 Å². The number of rotatable bonds is 4. The summed E-state index contributed by atoms with van der Waals surface area (Å²) in [5.74, 6) is -1.04. The van der Waals surface area contributed by atoms with E-state index in [4.69, 9.17) is 5.11 Å². The smallest absolute Gasteiger partial charge is 0.337 e. The zero-order valence-electron chi connectivity index (χ0n) is 8.91. The Morgan fingerprint density at radius 3 is 2.71 bits per heavy atom. The largest absolute Gasteiger partial charge is 0.478 e. The Hall–Kier alpha value is -2.43. The number of carbonyl (C=O) groups is 1. The Kier molecular flexibility index (Phi) is 3.30. The van der Waals surface area contributed by atoms with Crippen molar-refractivity contribution in [1.29, 1.82) is 0 Å². The summed E-state index contributed by atoms with van der Waals surface area (Å²) in [7, 11) is 0. The third kappa shape index (κ3) is 2.78. The molecule has 0 aliphatic rings. The van der Waals surface area contributed by atoms with Gasteiger partial charge in [0.2, 0.25) is 0 Å². The summed E-state index contributed by atoms with van der Waals surface area (Å²) >= 11 is 0. The molecule has 0 fully saturated rings. The van der Waals surface area contributed by atoms with Crippen molar-refractivity contribution in [3.8, 4) is 0 Å². The Bertz CT molecular complexity index is 518. The molecular weight excluding hydrogens is 220 g/mol. The molecule has 2 rings (SSSR count). The molecule has 86 valence electrons. The molecular formula is C12H10N2O3. The predicted octanol–water partition coefficient (Wildman–Crippen LogP) is 1.78. The highest BCUT2D eigenvalue weighted by Gasteiger charge is 2.13. The number of hydrogen-bond donors (Lipinski definition) is 1. The molecule has 0 bridgehead atoms. The van der Waals surface area contributed by atoms with E-state index in [2.05, 4.69) is 14.9 Å². The van der Waals surface area contributed by atoms with E-state index >= 15 is 0 Å². The van der Waals surface area contributed by atoms with E-state index in [0.717, 1.165) is 5.56 Å². The second kappa shape index (κ2) is 5.07. The molecule has 0 unspecified atom stereocenters. The molecule has 0 saturated heterocycles. The quantitative estimate of drug-likeness (QED) is 0.810. The lowest BCUT2D eigenvalue weighted by molar-refractivity contribution is -0.130. The van der Waals surface area contributed by atoms with Crippen LogP contribution in [-0.4, -0.2) is 21.4 Å². The van der Waals surface area contributed by atoms with Crippen molar-refractivity contribution in [2.45, 2.75) is 6.42 Å². The first-order chi connectivity index (χ1) is 8.27. The van der Waals surface area contributed by atoms with Gasteiger partial charge in [-0.05, 0) is 17.1 Å². The topological polar surface area (TPSA) is 76.2 Å². The van der Waals surface area contributed by atoms with Crippen LogP contribution in [0.4, 0.5) is 0 Å². The molecule has 0 spiro atoms. The maximum Gasteiger partial charge on any atom is 0.337 e. The summed E-state index contributed by atoms with van der Waals surface area (Å²) in [6.45, 7) is 0. The fourth-order valence-electron chi connectivity index (χ4n) is 1.42. The highest BCUT2D eigenvalue weighted by molar-refractivity contribution is 6.14. The molecule has 17 heavy (non-hydrogen) atoms. The van der Waals surface area contributed by atoms with Gasteiger partial charge in [-0.1, -0.05) is 41.6 Å². The van der Waals surface area contributed by atoms with E-state index in [-0.39, 0.29) is 11.3 Å². The predicted molar refractivity (Wildman–Crippen MR) is 60.1 cm³/mol. The van der Waals surface area contributed by atoms with Crippen LogP contribution in [-0.2, 0) is 11.2 Å². The Balaban J connectivity index is 2.21. The van der Waals surface area contributed by atoms with Crippen molar-refractivity contribution in [2.24, 2.45) is 0 Å². The molecule has 1 N–H and O–H groups in total. The van der Waals surface area contributed by atoms with Gasteiger partial charge < -0.3 is 5.11 Å². The number of carboxylic acids is 1. The molecule has 1 heterocycles. The van der Waals surface area contributed by atoms with Crippen LogP contribution in [0.15, 0.2) is 47.2 Å². The highest BCUT2D eigenvalue weighted by Crippen LogP contribution is 2.12. The minimum absolute atomic E-state index is 0.0927. The standard InChI is InChI=1S/C12H10N2O3/c15-12(16)10(11-8-13-17-14-11)7-6-9-4-2-1-3-5-9/h1-5,7-8H,6H2,(H,15,16)/b10-7+. The minimum Gasteiger partial charge on any atom is -0.478 e.